The SMILES string of the molecule is COc1ccccc1OCCn1c(-c2ccc(Cl)cc2)cn2nc([C]3[CH][CH][CH][CH]3)cc2c1=O. The van der Waals surface area contributed by atoms with Crippen LogP contribution in [0.25, 0.3) is 16.8 Å². The van der Waals surface area contributed by atoms with Gasteiger partial charge in [0.25, 0.3) is 5.56 Å². The fourth-order valence-corrected chi connectivity index (χ4v) is 3.96. The molecule has 0 bridgehead atoms. The Bertz CT molecular complexity index is 1320. The lowest BCUT2D eigenvalue weighted by molar-refractivity contribution is 0.279. The molecule has 0 N–H and O–H groups in total. The molecule has 2 aromatic carbocycles. The summed E-state index contributed by atoms with van der Waals surface area (Å²) in [5.41, 5.74) is 2.70. The van der Waals surface area contributed by atoms with Crippen LogP contribution in [0.5, 0.6) is 11.5 Å². The van der Waals surface area contributed by atoms with Crippen LogP contribution in [-0.4, -0.2) is 27.9 Å². The van der Waals surface area contributed by atoms with E-state index in [0.717, 1.165) is 22.9 Å². The van der Waals surface area contributed by atoms with Crippen molar-refractivity contribution in [1.82, 2.24) is 14.2 Å². The number of methoxy groups -OCH3 is 1. The van der Waals surface area contributed by atoms with E-state index >= 15 is 0 Å². The quantitative estimate of drug-likeness (QED) is 0.404. The van der Waals surface area contributed by atoms with Gasteiger partial charge in [-0.15, -0.1) is 0 Å². The van der Waals surface area contributed by atoms with E-state index in [0.29, 0.717) is 35.2 Å². The number of ether oxygens (including phenoxy) is 2. The second-order valence-electron chi connectivity index (χ2n) is 7.51. The molecule has 1 fully saturated rings. The van der Waals surface area contributed by atoms with Gasteiger partial charge in [-0.2, -0.15) is 5.10 Å². The number of halogens is 1. The molecule has 0 aliphatic heterocycles. The van der Waals surface area contributed by atoms with Crippen molar-refractivity contribution in [3.63, 3.8) is 0 Å². The predicted molar refractivity (Wildman–Crippen MR) is 128 cm³/mol. The minimum atomic E-state index is -0.142. The van der Waals surface area contributed by atoms with Crippen molar-refractivity contribution in [2.75, 3.05) is 13.7 Å². The molecule has 2 heterocycles. The van der Waals surface area contributed by atoms with E-state index in [1.54, 1.807) is 28.3 Å². The van der Waals surface area contributed by atoms with Gasteiger partial charge in [0.1, 0.15) is 12.1 Å². The molecule has 0 atom stereocenters. The maximum atomic E-state index is 13.5. The standard InChI is InChI=1S/C26H21ClN3O3/c1-32-24-8-4-5-9-25(24)33-15-14-29-23(19-10-12-20(27)13-11-19)17-30-22(26(29)31)16-21(28-30)18-6-2-3-7-18/h2-13,16-17H,14-15H2,1H3. The highest BCUT2D eigenvalue weighted by Gasteiger charge is 2.23. The number of benzene rings is 2. The molecule has 33 heavy (non-hydrogen) atoms. The molecule has 0 saturated heterocycles. The number of rotatable bonds is 7. The summed E-state index contributed by atoms with van der Waals surface area (Å²) >= 11 is 6.09. The number of hydrogen-bond acceptors (Lipinski definition) is 4. The van der Waals surface area contributed by atoms with Gasteiger partial charge in [-0.3, -0.25) is 4.79 Å². The Morgan fingerprint density at radius 1 is 1.00 bits per heavy atom. The Morgan fingerprint density at radius 3 is 2.45 bits per heavy atom. The summed E-state index contributed by atoms with van der Waals surface area (Å²) in [7, 11) is 1.60. The van der Waals surface area contributed by atoms with Crippen LogP contribution in [0.1, 0.15) is 5.69 Å². The van der Waals surface area contributed by atoms with Gasteiger partial charge in [0.2, 0.25) is 0 Å². The van der Waals surface area contributed by atoms with Crippen molar-refractivity contribution >= 4 is 17.1 Å². The molecule has 5 rings (SSSR count). The van der Waals surface area contributed by atoms with Crippen molar-refractivity contribution in [2.24, 2.45) is 0 Å². The Hall–Kier alpha value is -3.25. The normalized spacial score (nSPS) is 14.1. The average molecular weight is 459 g/mol. The molecule has 2 aromatic heterocycles. The molecule has 1 aliphatic rings. The first-order chi connectivity index (χ1) is 16.1. The van der Waals surface area contributed by atoms with E-state index in [2.05, 4.69) is 5.10 Å². The van der Waals surface area contributed by atoms with Gasteiger partial charge in [0.05, 0.1) is 31.2 Å². The van der Waals surface area contributed by atoms with Crippen LogP contribution in [0.4, 0.5) is 0 Å². The molecular formula is C26H21ClN3O3. The van der Waals surface area contributed by atoms with Crippen molar-refractivity contribution in [1.29, 1.82) is 0 Å². The minimum Gasteiger partial charge on any atom is -0.493 e. The molecule has 4 aromatic rings. The predicted octanol–water partition coefficient (Wildman–Crippen LogP) is 4.66. The third-order valence-electron chi connectivity index (χ3n) is 5.48. The second-order valence-corrected chi connectivity index (χ2v) is 7.95. The van der Waals surface area contributed by atoms with E-state index in [4.69, 9.17) is 21.1 Å². The lowest BCUT2D eigenvalue weighted by atomic mass is 10.0. The maximum Gasteiger partial charge on any atom is 0.277 e. The second kappa shape index (κ2) is 9.32. The molecular weight excluding hydrogens is 438 g/mol. The number of nitrogens with zero attached hydrogens (tertiary/aromatic N) is 3. The average Bonchev–Trinajstić information content (AvgIpc) is 3.51. The first-order valence-electron chi connectivity index (χ1n) is 10.5. The summed E-state index contributed by atoms with van der Waals surface area (Å²) in [5.74, 6) is 2.25. The first kappa shape index (κ1) is 21.6. The third kappa shape index (κ3) is 4.35. The van der Waals surface area contributed by atoms with Crippen LogP contribution in [0, 0.1) is 31.6 Å². The van der Waals surface area contributed by atoms with Gasteiger partial charge in [-0.05, 0) is 61.6 Å². The molecule has 0 unspecified atom stereocenters. The summed E-state index contributed by atoms with van der Waals surface area (Å²) in [6, 6.07) is 16.7. The Balaban J connectivity index is 1.52. The Morgan fingerprint density at radius 2 is 1.73 bits per heavy atom. The van der Waals surface area contributed by atoms with Gasteiger partial charge in [-0.1, -0.05) is 35.9 Å². The lowest BCUT2D eigenvalue weighted by Crippen LogP contribution is -2.26. The van der Waals surface area contributed by atoms with E-state index in [9.17, 15) is 4.79 Å². The smallest absolute Gasteiger partial charge is 0.277 e. The molecule has 0 amide bonds. The first-order valence-corrected chi connectivity index (χ1v) is 10.9. The molecule has 1 aliphatic carbocycles. The van der Waals surface area contributed by atoms with Crippen LogP contribution in [-0.2, 0) is 6.54 Å². The zero-order valence-electron chi connectivity index (χ0n) is 17.9. The monoisotopic (exact) mass is 458 g/mol. The van der Waals surface area contributed by atoms with Crippen molar-refractivity contribution in [3.05, 3.63) is 113 Å². The third-order valence-corrected chi connectivity index (χ3v) is 5.73. The Kier molecular flexibility index (Phi) is 6.09. The summed E-state index contributed by atoms with van der Waals surface area (Å²) in [4.78, 5) is 13.5. The van der Waals surface area contributed by atoms with Gasteiger partial charge in [0.15, 0.2) is 11.5 Å². The summed E-state index contributed by atoms with van der Waals surface area (Å²) < 4.78 is 14.7. The van der Waals surface area contributed by atoms with Gasteiger partial charge in [-0.25, -0.2) is 4.52 Å². The number of fused-ring (bicyclic) bond motifs is 1. The van der Waals surface area contributed by atoms with Crippen LogP contribution in [0.3, 0.4) is 0 Å². The fraction of sp³-hybridized carbons (Fsp3) is 0.115. The highest BCUT2D eigenvalue weighted by Crippen LogP contribution is 2.30. The highest BCUT2D eigenvalue weighted by atomic mass is 35.5. The number of para-hydroxylation sites is 2. The van der Waals surface area contributed by atoms with Gasteiger partial charge < -0.3 is 14.0 Å². The fourth-order valence-electron chi connectivity index (χ4n) is 3.83. The molecule has 7 heteroatoms. The number of aromatic nitrogens is 3. The largest absolute Gasteiger partial charge is 0.493 e. The zero-order chi connectivity index (χ0) is 22.8. The van der Waals surface area contributed by atoms with E-state index in [1.807, 2.05) is 74.3 Å². The molecule has 5 radical (unpaired) electrons. The zero-order valence-corrected chi connectivity index (χ0v) is 18.7. The minimum absolute atomic E-state index is 0.142. The number of hydrogen-bond donors (Lipinski definition) is 0. The Labute approximate surface area is 197 Å². The van der Waals surface area contributed by atoms with Crippen LogP contribution >= 0.6 is 11.6 Å². The van der Waals surface area contributed by atoms with Crippen molar-refractivity contribution in [2.45, 2.75) is 6.54 Å². The summed E-state index contributed by atoms with van der Waals surface area (Å²) in [5, 5.41) is 5.27. The summed E-state index contributed by atoms with van der Waals surface area (Å²) in [6.45, 7) is 0.642. The molecule has 6 nitrogen and oxygen atoms in total. The van der Waals surface area contributed by atoms with E-state index < -0.39 is 0 Å². The van der Waals surface area contributed by atoms with E-state index in [1.165, 1.54) is 0 Å². The molecule has 165 valence electrons. The van der Waals surface area contributed by atoms with Crippen LogP contribution < -0.4 is 15.0 Å². The van der Waals surface area contributed by atoms with E-state index in [-0.39, 0.29) is 5.56 Å². The van der Waals surface area contributed by atoms with Gasteiger partial charge >= 0.3 is 0 Å². The van der Waals surface area contributed by atoms with Crippen LogP contribution in [0.2, 0.25) is 5.02 Å². The molecule has 1 saturated carbocycles. The topological polar surface area (TPSA) is 57.8 Å². The maximum absolute atomic E-state index is 13.5. The van der Waals surface area contributed by atoms with Crippen molar-refractivity contribution < 1.29 is 9.47 Å². The van der Waals surface area contributed by atoms with Crippen LogP contribution in [0.15, 0.2) is 65.6 Å². The molecule has 0 spiro atoms. The highest BCUT2D eigenvalue weighted by molar-refractivity contribution is 6.30. The summed E-state index contributed by atoms with van der Waals surface area (Å²) in [6.07, 6.45) is 9.72. The van der Waals surface area contributed by atoms with Crippen molar-refractivity contribution in [3.8, 4) is 22.8 Å². The lowest BCUT2D eigenvalue weighted by Gasteiger charge is -2.15. The van der Waals surface area contributed by atoms with Gasteiger partial charge in [0, 0.05) is 10.9 Å².